The van der Waals surface area contributed by atoms with Crippen LogP contribution in [-0.4, -0.2) is 88.1 Å². The van der Waals surface area contributed by atoms with Crippen molar-refractivity contribution >= 4 is 5.97 Å². The van der Waals surface area contributed by atoms with Crippen molar-refractivity contribution in [2.24, 2.45) is 11.8 Å². The second-order valence-corrected chi connectivity index (χ2v) is 8.26. The molecule has 2 heterocycles. The standard InChI is InChI=1S/C19H34O9/c1-8(2)6-13(21)27-17-9(3)14(22)19(26-12(17)7-20)28-18-11(5)25-10(4)15(23)16(18)24/h8-12,14-20,22-24H,6-7H2,1-5H3. The van der Waals surface area contributed by atoms with E-state index in [4.69, 9.17) is 18.9 Å². The van der Waals surface area contributed by atoms with Crippen LogP contribution in [0.4, 0.5) is 0 Å². The Morgan fingerprint density at radius 2 is 1.61 bits per heavy atom. The summed E-state index contributed by atoms with van der Waals surface area (Å²) >= 11 is 0. The molecule has 2 aliphatic heterocycles. The monoisotopic (exact) mass is 406 g/mol. The molecule has 28 heavy (non-hydrogen) atoms. The SMILES string of the molecule is CC(C)CC(=O)OC1C(CO)OC(OC2C(C)OC(C)C(O)C2O)C(O)C1C. The van der Waals surface area contributed by atoms with Gasteiger partial charge in [0.05, 0.1) is 18.8 Å². The quantitative estimate of drug-likeness (QED) is 0.433. The van der Waals surface area contributed by atoms with Gasteiger partial charge in [-0.2, -0.15) is 0 Å². The number of rotatable bonds is 6. The second-order valence-electron chi connectivity index (χ2n) is 8.26. The maximum atomic E-state index is 12.0. The molecule has 2 rings (SSSR count). The van der Waals surface area contributed by atoms with Gasteiger partial charge in [0.15, 0.2) is 6.29 Å². The van der Waals surface area contributed by atoms with Crippen LogP contribution >= 0.6 is 0 Å². The van der Waals surface area contributed by atoms with Gasteiger partial charge < -0.3 is 39.4 Å². The van der Waals surface area contributed by atoms with Crippen LogP contribution in [0.3, 0.4) is 0 Å². The fourth-order valence-corrected chi connectivity index (χ4v) is 3.68. The van der Waals surface area contributed by atoms with Crippen molar-refractivity contribution in [2.45, 2.75) is 96.2 Å². The van der Waals surface area contributed by atoms with Gasteiger partial charge in [-0.1, -0.05) is 20.8 Å². The first-order valence-corrected chi connectivity index (χ1v) is 9.87. The van der Waals surface area contributed by atoms with E-state index >= 15 is 0 Å². The van der Waals surface area contributed by atoms with Crippen molar-refractivity contribution in [2.75, 3.05) is 6.61 Å². The molecule has 0 saturated carbocycles. The molecule has 9 nitrogen and oxygen atoms in total. The van der Waals surface area contributed by atoms with E-state index in [-0.39, 0.29) is 12.3 Å². The Hall–Kier alpha value is -0.810. The summed E-state index contributed by atoms with van der Waals surface area (Å²) in [5.74, 6) is -0.890. The fourth-order valence-electron chi connectivity index (χ4n) is 3.68. The molecule has 0 aromatic heterocycles. The Morgan fingerprint density at radius 1 is 0.964 bits per heavy atom. The molecule has 0 amide bonds. The number of carbonyl (C=O) groups excluding carboxylic acids is 1. The number of hydrogen-bond acceptors (Lipinski definition) is 9. The summed E-state index contributed by atoms with van der Waals surface area (Å²) in [6.07, 6.45) is -8.26. The van der Waals surface area contributed by atoms with E-state index < -0.39 is 73.6 Å². The molecular formula is C19H34O9. The molecule has 0 aromatic carbocycles. The Balaban J connectivity index is 2.07. The van der Waals surface area contributed by atoms with Gasteiger partial charge in [0.1, 0.15) is 36.6 Å². The number of esters is 1. The molecule has 0 spiro atoms. The molecule has 2 saturated heterocycles. The van der Waals surface area contributed by atoms with E-state index in [0.29, 0.717) is 0 Å². The highest BCUT2D eigenvalue weighted by molar-refractivity contribution is 5.69. The van der Waals surface area contributed by atoms with Gasteiger partial charge in [-0.25, -0.2) is 0 Å². The van der Waals surface area contributed by atoms with Crippen LogP contribution in [0.2, 0.25) is 0 Å². The molecule has 0 aromatic rings. The summed E-state index contributed by atoms with van der Waals surface area (Å²) < 4.78 is 22.4. The fraction of sp³-hybridized carbons (Fsp3) is 0.947. The summed E-state index contributed by atoms with van der Waals surface area (Å²) in [6.45, 7) is 8.35. The lowest BCUT2D eigenvalue weighted by molar-refractivity contribution is -0.331. The Labute approximate surface area is 165 Å². The van der Waals surface area contributed by atoms with E-state index in [1.54, 1.807) is 20.8 Å². The maximum absolute atomic E-state index is 12.0. The van der Waals surface area contributed by atoms with Gasteiger partial charge in [0.2, 0.25) is 0 Å². The molecule has 2 fully saturated rings. The molecule has 0 aliphatic carbocycles. The number of aliphatic hydroxyl groups is 4. The van der Waals surface area contributed by atoms with E-state index in [9.17, 15) is 25.2 Å². The Morgan fingerprint density at radius 3 is 2.18 bits per heavy atom. The van der Waals surface area contributed by atoms with E-state index in [2.05, 4.69) is 0 Å². The lowest BCUT2D eigenvalue weighted by atomic mass is 9.90. The average Bonchev–Trinajstić information content (AvgIpc) is 2.61. The molecule has 4 N–H and O–H groups in total. The highest BCUT2D eigenvalue weighted by Gasteiger charge is 2.49. The first-order valence-electron chi connectivity index (χ1n) is 9.87. The minimum atomic E-state index is -1.22. The van der Waals surface area contributed by atoms with Gasteiger partial charge in [0.25, 0.3) is 0 Å². The summed E-state index contributed by atoms with van der Waals surface area (Å²) in [7, 11) is 0. The van der Waals surface area contributed by atoms with Crippen LogP contribution in [0, 0.1) is 11.8 Å². The zero-order chi connectivity index (χ0) is 21.2. The summed E-state index contributed by atoms with van der Waals surface area (Å²) in [6, 6.07) is 0. The van der Waals surface area contributed by atoms with Crippen molar-refractivity contribution in [1.82, 2.24) is 0 Å². The van der Waals surface area contributed by atoms with Gasteiger partial charge >= 0.3 is 5.97 Å². The van der Waals surface area contributed by atoms with Crippen molar-refractivity contribution in [3.05, 3.63) is 0 Å². The zero-order valence-electron chi connectivity index (χ0n) is 17.1. The number of hydrogen-bond donors (Lipinski definition) is 4. The van der Waals surface area contributed by atoms with E-state index in [0.717, 1.165) is 0 Å². The van der Waals surface area contributed by atoms with Crippen LogP contribution < -0.4 is 0 Å². The van der Waals surface area contributed by atoms with E-state index in [1.807, 2.05) is 13.8 Å². The third kappa shape index (κ3) is 5.21. The summed E-state index contributed by atoms with van der Waals surface area (Å²) in [4.78, 5) is 12.0. The highest BCUT2D eigenvalue weighted by Crippen LogP contribution is 2.32. The average molecular weight is 406 g/mol. The van der Waals surface area contributed by atoms with Crippen molar-refractivity contribution in [3.63, 3.8) is 0 Å². The van der Waals surface area contributed by atoms with Crippen LogP contribution in [-0.2, 0) is 23.7 Å². The lowest BCUT2D eigenvalue weighted by Crippen LogP contribution is -2.62. The smallest absolute Gasteiger partial charge is 0.306 e. The first kappa shape index (κ1) is 23.5. The molecule has 10 atom stereocenters. The van der Waals surface area contributed by atoms with E-state index in [1.165, 1.54) is 0 Å². The van der Waals surface area contributed by atoms with Crippen molar-refractivity contribution in [1.29, 1.82) is 0 Å². The van der Waals surface area contributed by atoms with Gasteiger partial charge in [-0.3, -0.25) is 4.79 Å². The van der Waals surface area contributed by atoms with Crippen LogP contribution in [0.1, 0.15) is 41.0 Å². The summed E-state index contributed by atoms with van der Waals surface area (Å²) in [5.41, 5.74) is 0. The van der Waals surface area contributed by atoms with Crippen LogP contribution in [0.15, 0.2) is 0 Å². The molecule has 9 heteroatoms. The van der Waals surface area contributed by atoms with Crippen LogP contribution in [0.25, 0.3) is 0 Å². The highest BCUT2D eigenvalue weighted by atomic mass is 16.7. The Kier molecular flexibility index (Phi) is 8.21. The Bertz CT molecular complexity index is 512. The minimum absolute atomic E-state index is 0.115. The molecule has 2 aliphatic rings. The molecule has 0 radical (unpaired) electrons. The predicted octanol–water partition coefficient (Wildman–Crippen LogP) is -0.427. The third-order valence-corrected chi connectivity index (χ3v) is 5.38. The summed E-state index contributed by atoms with van der Waals surface area (Å²) in [5, 5.41) is 40.7. The largest absolute Gasteiger partial charge is 0.459 e. The van der Waals surface area contributed by atoms with Crippen molar-refractivity contribution in [3.8, 4) is 0 Å². The number of aliphatic hydroxyl groups excluding tert-OH is 4. The second kappa shape index (κ2) is 9.80. The molecule has 10 unspecified atom stereocenters. The molecule has 164 valence electrons. The molecule has 0 bridgehead atoms. The number of ether oxygens (including phenoxy) is 4. The zero-order valence-corrected chi connectivity index (χ0v) is 17.1. The first-order chi connectivity index (χ1) is 13.1. The lowest BCUT2D eigenvalue weighted by Gasteiger charge is -2.46. The van der Waals surface area contributed by atoms with Gasteiger partial charge in [0, 0.05) is 12.3 Å². The van der Waals surface area contributed by atoms with Gasteiger partial charge in [-0.05, 0) is 19.8 Å². The normalized spacial score (nSPS) is 44.5. The predicted molar refractivity (Wildman–Crippen MR) is 97.1 cm³/mol. The topological polar surface area (TPSA) is 135 Å². The number of carbonyl (C=O) groups is 1. The third-order valence-electron chi connectivity index (χ3n) is 5.38. The van der Waals surface area contributed by atoms with Crippen LogP contribution in [0.5, 0.6) is 0 Å². The van der Waals surface area contributed by atoms with Gasteiger partial charge in [-0.15, -0.1) is 0 Å². The molecular weight excluding hydrogens is 372 g/mol. The maximum Gasteiger partial charge on any atom is 0.306 e. The van der Waals surface area contributed by atoms with Crippen molar-refractivity contribution < 1.29 is 44.2 Å². The minimum Gasteiger partial charge on any atom is -0.459 e.